The predicted octanol–water partition coefficient (Wildman–Crippen LogP) is 3.84. The van der Waals surface area contributed by atoms with Crippen LogP contribution in [0.25, 0.3) is 33.4 Å². The molecule has 1 aromatic carbocycles. The Kier molecular flexibility index (Phi) is 4.91. The number of benzene rings is 1. The average molecular weight is 427 g/mol. The van der Waals surface area contributed by atoms with Gasteiger partial charge in [0.25, 0.3) is 0 Å². The lowest BCUT2D eigenvalue weighted by molar-refractivity contribution is 0.289. The van der Waals surface area contributed by atoms with Crippen LogP contribution in [0.3, 0.4) is 0 Å². The van der Waals surface area contributed by atoms with Crippen molar-refractivity contribution in [2.75, 3.05) is 11.9 Å². The normalized spacial score (nSPS) is 17.9. The molecular weight excluding hydrogens is 400 g/mol. The van der Waals surface area contributed by atoms with Crippen LogP contribution in [0.4, 0.5) is 5.95 Å². The number of nitrogens with zero attached hydrogens (tertiary/aromatic N) is 5. The molecule has 0 saturated carbocycles. The topological polar surface area (TPSA) is 107 Å². The molecule has 1 atom stereocenters. The van der Waals surface area contributed by atoms with E-state index in [1.54, 1.807) is 4.68 Å². The van der Waals surface area contributed by atoms with Crippen LogP contribution in [0.5, 0.6) is 0 Å². The molecule has 0 radical (unpaired) electrons. The van der Waals surface area contributed by atoms with Crippen molar-refractivity contribution in [1.29, 1.82) is 5.26 Å². The van der Waals surface area contributed by atoms with Gasteiger partial charge < -0.3 is 15.6 Å². The van der Waals surface area contributed by atoms with Gasteiger partial charge in [-0.2, -0.15) is 10.4 Å². The van der Waals surface area contributed by atoms with Crippen LogP contribution in [0.15, 0.2) is 42.9 Å². The number of piperidine rings is 1. The standard InChI is InChI=1S/C24H26N8/c1-24(2)7-6-18(12-27-24)29-23-26-13-19(17-11-28-32(3)14-17)22(31-23)21-9-16-5-4-15(10-25)8-20(16)30-21/h4-5,8-9,11,13-14,18,27,30H,6-7,12H2,1-3H3,(H,26,29,31). The Bertz CT molecular complexity index is 1310. The first-order valence-electron chi connectivity index (χ1n) is 10.8. The number of aromatic nitrogens is 5. The second-order valence-corrected chi connectivity index (χ2v) is 9.10. The summed E-state index contributed by atoms with van der Waals surface area (Å²) in [5, 5.41) is 21.7. The number of aromatic amines is 1. The molecule has 3 aromatic heterocycles. The van der Waals surface area contributed by atoms with Gasteiger partial charge in [-0.1, -0.05) is 6.07 Å². The van der Waals surface area contributed by atoms with Crippen LogP contribution in [0.2, 0.25) is 0 Å². The molecule has 1 aliphatic heterocycles. The molecule has 4 heterocycles. The second kappa shape index (κ2) is 7.77. The van der Waals surface area contributed by atoms with E-state index in [-0.39, 0.29) is 11.6 Å². The zero-order chi connectivity index (χ0) is 22.3. The number of hydrogen-bond donors (Lipinski definition) is 3. The minimum atomic E-state index is 0.168. The van der Waals surface area contributed by atoms with Crippen molar-refractivity contribution < 1.29 is 0 Å². The molecule has 4 aromatic rings. The Morgan fingerprint density at radius 3 is 2.84 bits per heavy atom. The van der Waals surface area contributed by atoms with Gasteiger partial charge in [0.2, 0.25) is 5.95 Å². The summed E-state index contributed by atoms with van der Waals surface area (Å²) in [6, 6.07) is 10.2. The summed E-state index contributed by atoms with van der Waals surface area (Å²) in [6.07, 6.45) is 7.78. The molecule has 1 saturated heterocycles. The van der Waals surface area contributed by atoms with E-state index in [2.05, 4.69) is 51.7 Å². The Labute approximate surface area is 186 Å². The average Bonchev–Trinajstić information content (AvgIpc) is 3.40. The molecule has 162 valence electrons. The van der Waals surface area contributed by atoms with Crippen molar-refractivity contribution in [3.05, 3.63) is 48.4 Å². The van der Waals surface area contributed by atoms with E-state index in [9.17, 15) is 5.26 Å². The molecule has 1 fully saturated rings. The Morgan fingerprint density at radius 2 is 2.12 bits per heavy atom. The van der Waals surface area contributed by atoms with Gasteiger partial charge in [0.15, 0.2) is 0 Å². The second-order valence-electron chi connectivity index (χ2n) is 9.10. The highest BCUT2D eigenvalue weighted by Crippen LogP contribution is 2.32. The van der Waals surface area contributed by atoms with Crippen molar-refractivity contribution in [2.45, 2.75) is 38.3 Å². The third-order valence-electron chi connectivity index (χ3n) is 6.09. The zero-order valence-electron chi connectivity index (χ0n) is 18.5. The van der Waals surface area contributed by atoms with E-state index in [1.165, 1.54) is 0 Å². The van der Waals surface area contributed by atoms with Gasteiger partial charge in [-0.15, -0.1) is 0 Å². The first-order valence-corrected chi connectivity index (χ1v) is 10.8. The molecule has 1 unspecified atom stereocenters. The van der Waals surface area contributed by atoms with Gasteiger partial charge >= 0.3 is 0 Å². The molecular formula is C24H26N8. The summed E-state index contributed by atoms with van der Waals surface area (Å²) in [4.78, 5) is 13.0. The summed E-state index contributed by atoms with van der Waals surface area (Å²) in [7, 11) is 1.89. The SMILES string of the molecule is Cn1cc(-c2cnc(NC3CCC(C)(C)NC3)nc2-c2cc3ccc(C#N)cc3[nH]2)cn1. The van der Waals surface area contributed by atoms with Crippen LogP contribution in [0.1, 0.15) is 32.3 Å². The third kappa shape index (κ3) is 3.95. The summed E-state index contributed by atoms with van der Waals surface area (Å²) in [5.74, 6) is 0.607. The number of nitriles is 1. The van der Waals surface area contributed by atoms with Crippen LogP contribution in [-0.4, -0.2) is 42.9 Å². The molecule has 0 bridgehead atoms. The molecule has 3 N–H and O–H groups in total. The highest BCUT2D eigenvalue weighted by molar-refractivity contribution is 5.89. The van der Waals surface area contributed by atoms with Gasteiger partial charge in [0.1, 0.15) is 5.69 Å². The van der Waals surface area contributed by atoms with E-state index < -0.39 is 0 Å². The Balaban J connectivity index is 1.54. The summed E-state index contributed by atoms with van der Waals surface area (Å²) in [6.45, 7) is 5.33. The van der Waals surface area contributed by atoms with E-state index >= 15 is 0 Å². The lowest BCUT2D eigenvalue weighted by Crippen LogP contribution is -2.50. The largest absolute Gasteiger partial charge is 0.353 e. The molecule has 1 aliphatic rings. The quantitative estimate of drug-likeness (QED) is 0.458. The van der Waals surface area contributed by atoms with Crippen LogP contribution < -0.4 is 10.6 Å². The lowest BCUT2D eigenvalue weighted by Gasteiger charge is -2.36. The minimum Gasteiger partial charge on any atom is -0.353 e. The highest BCUT2D eigenvalue weighted by Gasteiger charge is 2.26. The van der Waals surface area contributed by atoms with Crippen molar-refractivity contribution in [1.82, 2.24) is 30.0 Å². The first-order chi connectivity index (χ1) is 15.4. The zero-order valence-corrected chi connectivity index (χ0v) is 18.5. The maximum Gasteiger partial charge on any atom is 0.223 e. The van der Waals surface area contributed by atoms with Crippen molar-refractivity contribution in [2.24, 2.45) is 7.05 Å². The van der Waals surface area contributed by atoms with Gasteiger partial charge in [-0.25, -0.2) is 9.97 Å². The fourth-order valence-corrected chi connectivity index (χ4v) is 4.18. The molecule has 5 rings (SSSR count). The third-order valence-corrected chi connectivity index (χ3v) is 6.09. The smallest absolute Gasteiger partial charge is 0.223 e. The van der Waals surface area contributed by atoms with Crippen LogP contribution >= 0.6 is 0 Å². The molecule has 0 aliphatic carbocycles. The number of hydrogen-bond acceptors (Lipinski definition) is 6. The van der Waals surface area contributed by atoms with Gasteiger partial charge in [0.05, 0.1) is 23.5 Å². The lowest BCUT2D eigenvalue weighted by atomic mass is 9.91. The van der Waals surface area contributed by atoms with Gasteiger partial charge in [0, 0.05) is 59.6 Å². The highest BCUT2D eigenvalue weighted by atomic mass is 15.2. The number of H-pyrrole nitrogens is 1. The number of nitrogens with one attached hydrogen (secondary N) is 3. The van der Waals surface area contributed by atoms with E-state index in [1.807, 2.05) is 43.8 Å². The van der Waals surface area contributed by atoms with Gasteiger partial charge in [-0.05, 0) is 44.9 Å². The van der Waals surface area contributed by atoms with Crippen molar-refractivity contribution in [3.63, 3.8) is 0 Å². The number of rotatable bonds is 4. The molecule has 8 nitrogen and oxygen atoms in total. The Hall–Kier alpha value is -3.70. The van der Waals surface area contributed by atoms with Crippen molar-refractivity contribution in [3.8, 4) is 28.6 Å². The number of aryl methyl sites for hydroxylation is 1. The maximum absolute atomic E-state index is 9.23. The van der Waals surface area contributed by atoms with Crippen LogP contribution in [-0.2, 0) is 7.05 Å². The first kappa shape index (κ1) is 20.2. The minimum absolute atomic E-state index is 0.168. The Morgan fingerprint density at radius 1 is 1.25 bits per heavy atom. The number of fused-ring (bicyclic) bond motifs is 1. The fourth-order valence-electron chi connectivity index (χ4n) is 4.18. The molecule has 0 spiro atoms. The fraction of sp³-hybridized carbons (Fsp3) is 0.333. The molecule has 0 amide bonds. The summed E-state index contributed by atoms with van der Waals surface area (Å²) in [5.41, 5.74) is 5.22. The molecule has 32 heavy (non-hydrogen) atoms. The van der Waals surface area contributed by atoms with E-state index in [4.69, 9.17) is 4.98 Å². The van der Waals surface area contributed by atoms with Crippen LogP contribution in [0, 0.1) is 11.3 Å². The molecule has 8 heteroatoms. The summed E-state index contributed by atoms with van der Waals surface area (Å²) >= 11 is 0. The maximum atomic E-state index is 9.23. The number of anilines is 1. The van der Waals surface area contributed by atoms with Gasteiger partial charge in [-0.3, -0.25) is 4.68 Å². The summed E-state index contributed by atoms with van der Waals surface area (Å²) < 4.78 is 1.77. The predicted molar refractivity (Wildman–Crippen MR) is 125 cm³/mol. The van der Waals surface area contributed by atoms with Crippen molar-refractivity contribution >= 4 is 16.9 Å². The monoisotopic (exact) mass is 426 g/mol. The van der Waals surface area contributed by atoms with E-state index in [0.717, 1.165) is 52.8 Å². The van der Waals surface area contributed by atoms with E-state index in [0.29, 0.717) is 11.5 Å².